The molecule has 0 saturated carbocycles. The fourth-order valence-corrected chi connectivity index (χ4v) is 2.11. The molecule has 2 N–H and O–H groups in total. The van der Waals surface area contributed by atoms with Gasteiger partial charge in [0, 0.05) is 24.5 Å². The van der Waals surface area contributed by atoms with Crippen LogP contribution in [-0.2, 0) is 4.74 Å². The van der Waals surface area contributed by atoms with E-state index in [1.807, 2.05) is 0 Å². The molecular formula is C8H15FN2O. The highest BCUT2D eigenvalue weighted by Gasteiger charge is 2.44. The summed E-state index contributed by atoms with van der Waals surface area (Å²) in [7, 11) is 0. The van der Waals surface area contributed by atoms with Crippen molar-refractivity contribution in [1.82, 2.24) is 5.12 Å². The van der Waals surface area contributed by atoms with Crippen molar-refractivity contribution < 1.29 is 9.22 Å². The van der Waals surface area contributed by atoms with Gasteiger partial charge < -0.3 is 10.5 Å². The van der Waals surface area contributed by atoms with Crippen molar-refractivity contribution >= 4 is 0 Å². The number of hydrogen-bond acceptors (Lipinski definition) is 3. The smallest absolute Gasteiger partial charge is 0.0624 e. The first kappa shape index (κ1) is 8.41. The highest BCUT2D eigenvalue weighted by atomic mass is 19.2. The Morgan fingerprint density at radius 3 is 2.58 bits per heavy atom. The van der Waals surface area contributed by atoms with E-state index in [4.69, 9.17) is 10.5 Å². The topological polar surface area (TPSA) is 38.5 Å². The highest BCUT2D eigenvalue weighted by Crippen LogP contribution is 2.38. The van der Waals surface area contributed by atoms with Gasteiger partial charge in [0.15, 0.2) is 0 Å². The van der Waals surface area contributed by atoms with E-state index < -0.39 is 0 Å². The van der Waals surface area contributed by atoms with E-state index in [1.165, 1.54) is 0 Å². The Balaban J connectivity index is 2.02. The Hall–Kier alpha value is -0.190. The molecule has 2 aliphatic rings. The number of halogens is 1. The van der Waals surface area contributed by atoms with Crippen LogP contribution in [0.3, 0.4) is 0 Å². The first-order valence-corrected chi connectivity index (χ1v) is 4.47. The van der Waals surface area contributed by atoms with Crippen LogP contribution in [-0.4, -0.2) is 37.5 Å². The summed E-state index contributed by atoms with van der Waals surface area (Å²) < 4.78 is 18.0. The van der Waals surface area contributed by atoms with Gasteiger partial charge >= 0.3 is 0 Å². The van der Waals surface area contributed by atoms with Gasteiger partial charge in [-0.25, -0.2) is 0 Å². The van der Waals surface area contributed by atoms with Crippen molar-refractivity contribution in [3.05, 3.63) is 0 Å². The molecule has 1 spiro atoms. The van der Waals surface area contributed by atoms with Crippen LogP contribution in [0.15, 0.2) is 0 Å². The van der Waals surface area contributed by atoms with E-state index in [-0.39, 0.29) is 11.5 Å². The summed E-state index contributed by atoms with van der Waals surface area (Å²) in [5.74, 6) is 0. The van der Waals surface area contributed by atoms with Gasteiger partial charge in [-0.05, 0) is 12.8 Å². The first-order chi connectivity index (χ1) is 5.73. The minimum Gasteiger partial charge on any atom is -0.379 e. The standard InChI is InChI=1S/C8H15FN2O/c9-11-3-1-8(2-4-11)6-12-5-7(8)10/h7H,1-6,10H2. The van der Waals surface area contributed by atoms with Crippen LogP contribution in [0.25, 0.3) is 0 Å². The third-order valence-corrected chi connectivity index (χ3v) is 3.18. The molecule has 0 amide bonds. The normalized spacial score (nSPS) is 36.0. The van der Waals surface area contributed by atoms with E-state index in [0.717, 1.165) is 24.6 Å². The molecule has 12 heavy (non-hydrogen) atoms. The molecule has 2 heterocycles. The molecule has 3 nitrogen and oxygen atoms in total. The number of nitrogens with zero attached hydrogens (tertiary/aromatic N) is 1. The largest absolute Gasteiger partial charge is 0.379 e. The summed E-state index contributed by atoms with van der Waals surface area (Å²) >= 11 is 0. The molecule has 1 unspecified atom stereocenters. The summed E-state index contributed by atoms with van der Waals surface area (Å²) in [6.45, 7) is 2.39. The van der Waals surface area contributed by atoms with Gasteiger partial charge in [0.05, 0.1) is 13.2 Å². The SMILES string of the molecule is NC1COCC12CCN(F)CC2. The monoisotopic (exact) mass is 174 g/mol. The van der Waals surface area contributed by atoms with Gasteiger partial charge in [-0.1, -0.05) is 0 Å². The summed E-state index contributed by atoms with van der Waals surface area (Å²) in [6.07, 6.45) is 1.68. The van der Waals surface area contributed by atoms with E-state index in [9.17, 15) is 4.48 Å². The number of piperidine rings is 1. The molecule has 0 aromatic rings. The maximum Gasteiger partial charge on any atom is 0.0624 e. The number of rotatable bonds is 0. The second kappa shape index (κ2) is 2.94. The molecule has 4 heteroatoms. The van der Waals surface area contributed by atoms with Crippen molar-refractivity contribution in [3.63, 3.8) is 0 Å². The van der Waals surface area contributed by atoms with Crippen molar-refractivity contribution in [2.45, 2.75) is 18.9 Å². The zero-order valence-electron chi connectivity index (χ0n) is 7.13. The minimum atomic E-state index is 0.0859. The molecule has 0 bridgehead atoms. The van der Waals surface area contributed by atoms with Crippen molar-refractivity contribution in [1.29, 1.82) is 0 Å². The quantitative estimate of drug-likeness (QED) is 0.537. The molecular weight excluding hydrogens is 159 g/mol. The van der Waals surface area contributed by atoms with Crippen LogP contribution in [0.4, 0.5) is 4.48 Å². The molecule has 0 aromatic carbocycles. The second-order valence-electron chi connectivity index (χ2n) is 3.89. The van der Waals surface area contributed by atoms with E-state index in [0.29, 0.717) is 19.7 Å². The van der Waals surface area contributed by atoms with Crippen LogP contribution in [0.5, 0.6) is 0 Å². The van der Waals surface area contributed by atoms with Crippen molar-refractivity contribution in [2.24, 2.45) is 11.1 Å². The Kier molecular flexibility index (Phi) is 2.06. The lowest BCUT2D eigenvalue weighted by Crippen LogP contribution is -2.47. The van der Waals surface area contributed by atoms with Crippen molar-refractivity contribution in [2.75, 3.05) is 26.3 Å². The average Bonchev–Trinajstić information content (AvgIpc) is 2.41. The Labute approximate surface area is 71.6 Å². The van der Waals surface area contributed by atoms with Gasteiger partial charge in [0.1, 0.15) is 0 Å². The first-order valence-electron chi connectivity index (χ1n) is 4.47. The number of nitrogens with two attached hydrogens (primary N) is 1. The second-order valence-corrected chi connectivity index (χ2v) is 3.89. The Bertz CT molecular complexity index is 168. The fraction of sp³-hybridized carbons (Fsp3) is 1.00. The van der Waals surface area contributed by atoms with Crippen molar-refractivity contribution in [3.8, 4) is 0 Å². The van der Waals surface area contributed by atoms with E-state index >= 15 is 0 Å². The van der Waals surface area contributed by atoms with Crippen LogP contribution in [0.1, 0.15) is 12.8 Å². The zero-order chi connectivity index (χ0) is 8.60. The zero-order valence-corrected chi connectivity index (χ0v) is 7.13. The Morgan fingerprint density at radius 2 is 2.08 bits per heavy atom. The Morgan fingerprint density at radius 1 is 1.42 bits per heavy atom. The summed E-state index contributed by atoms with van der Waals surface area (Å²) in [5.41, 5.74) is 6.01. The van der Waals surface area contributed by atoms with Crippen LogP contribution >= 0.6 is 0 Å². The maximum atomic E-state index is 12.7. The third-order valence-electron chi connectivity index (χ3n) is 3.18. The van der Waals surface area contributed by atoms with Crippen LogP contribution in [0.2, 0.25) is 0 Å². The molecule has 2 fully saturated rings. The molecule has 1 atom stereocenters. The van der Waals surface area contributed by atoms with Gasteiger partial charge in [-0.15, -0.1) is 9.60 Å². The lowest BCUT2D eigenvalue weighted by Gasteiger charge is -2.37. The summed E-state index contributed by atoms with van der Waals surface area (Å²) in [5, 5.41) is 0.871. The summed E-state index contributed by atoms with van der Waals surface area (Å²) in [4.78, 5) is 0. The minimum absolute atomic E-state index is 0.0859. The lowest BCUT2D eigenvalue weighted by molar-refractivity contribution is -0.0401. The fourth-order valence-electron chi connectivity index (χ4n) is 2.11. The predicted octanol–water partition coefficient (Wildman–Crippen LogP) is 0.311. The highest BCUT2D eigenvalue weighted by molar-refractivity contribution is 4.96. The van der Waals surface area contributed by atoms with E-state index in [1.54, 1.807) is 0 Å². The van der Waals surface area contributed by atoms with Gasteiger partial charge in [0.25, 0.3) is 0 Å². The van der Waals surface area contributed by atoms with Gasteiger partial charge in [0.2, 0.25) is 0 Å². The lowest BCUT2D eigenvalue weighted by atomic mass is 9.75. The maximum absolute atomic E-state index is 12.7. The average molecular weight is 174 g/mol. The molecule has 2 aliphatic heterocycles. The summed E-state index contributed by atoms with van der Waals surface area (Å²) in [6, 6.07) is 0.117. The number of hydrogen-bond donors (Lipinski definition) is 1. The molecule has 70 valence electrons. The van der Waals surface area contributed by atoms with Gasteiger partial charge in [-0.3, -0.25) is 0 Å². The van der Waals surface area contributed by atoms with E-state index in [2.05, 4.69) is 0 Å². The number of ether oxygens (including phenoxy) is 1. The van der Waals surface area contributed by atoms with Crippen LogP contribution in [0, 0.1) is 5.41 Å². The third kappa shape index (κ3) is 1.24. The predicted molar refractivity (Wildman–Crippen MR) is 43.1 cm³/mol. The molecule has 0 aliphatic carbocycles. The van der Waals surface area contributed by atoms with Crippen LogP contribution < -0.4 is 5.73 Å². The molecule has 0 radical (unpaired) electrons. The molecule has 2 saturated heterocycles. The molecule has 0 aromatic heterocycles. The van der Waals surface area contributed by atoms with Gasteiger partial charge in [-0.2, -0.15) is 0 Å². The molecule has 2 rings (SSSR count).